The molecule has 2 aromatic rings. The van der Waals surface area contributed by atoms with E-state index in [2.05, 4.69) is 15.6 Å². The Kier molecular flexibility index (Phi) is 6.33. The maximum absolute atomic E-state index is 12.8. The predicted octanol–water partition coefficient (Wildman–Crippen LogP) is 2.89. The van der Waals surface area contributed by atoms with Crippen LogP contribution in [0.3, 0.4) is 0 Å². The van der Waals surface area contributed by atoms with Crippen molar-refractivity contribution < 1.29 is 23.1 Å². The Labute approximate surface area is 159 Å². The molecule has 0 radical (unpaired) electrons. The van der Waals surface area contributed by atoms with Crippen LogP contribution in [0.1, 0.15) is 26.3 Å². The monoisotopic (exact) mass is 404 g/mol. The third-order valence-electron chi connectivity index (χ3n) is 3.65. The Hall–Kier alpha value is -1.91. The number of fused-ring (bicyclic) bond motifs is 1. The molecule has 0 aliphatic heterocycles. The molecule has 150 valence electrons. The van der Waals surface area contributed by atoms with Gasteiger partial charge in [0, 0.05) is 12.6 Å². The molecule has 0 saturated carbocycles. The van der Waals surface area contributed by atoms with Gasteiger partial charge in [0.25, 0.3) is 0 Å². The van der Waals surface area contributed by atoms with Crippen molar-refractivity contribution in [3.8, 4) is 0 Å². The second-order valence-corrected chi connectivity index (χ2v) is 8.27. The lowest BCUT2D eigenvalue weighted by molar-refractivity contribution is -0.137. The number of thiazole rings is 1. The SMILES string of the molecule is CN(CC(O)Nc1nc2ccc(C(F)(F)F)cc2s1)C(=O)CNC(C)(C)C. The highest BCUT2D eigenvalue weighted by molar-refractivity contribution is 7.22. The zero-order valence-electron chi connectivity index (χ0n) is 15.5. The Morgan fingerprint density at radius 2 is 2.00 bits per heavy atom. The van der Waals surface area contributed by atoms with Crippen molar-refractivity contribution in [1.82, 2.24) is 15.2 Å². The molecule has 10 heteroatoms. The van der Waals surface area contributed by atoms with Gasteiger partial charge >= 0.3 is 6.18 Å². The number of likely N-dealkylation sites (N-methyl/N-ethyl adjacent to an activating group) is 1. The van der Waals surface area contributed by atoms with Crippen molar-refractivity contribution in [2.45, 2.75) is 38.7 Å². The van der Waals surface area contributed by atoms with Crippen molar-refractivity contribution in [3.63, 3.8) is 0 Å². The van der Waals surface area contributed by atoms with Gasteiger partial charge in [-0.25, -0.2) is 4.98 Å². The van der Waals surface area contributed by atoms with Crippen LogP contribution in [0.15, 0.2) is 18.2 Å². The molecule has 0 fully saturated rings. The molecular weight excluding hydrogens is 381 g/mol. The third-order valence-corrected chi connectivity index (χ3v) is 4.60. The maximum Gasteiger partial charge on any atom is 0.416 e. The molecule has 0 aliphatic rings. The van der Waals surface area contributed by atoms with E-state index < -0.39 is 18.0 Å². The van der Waals surface area contributed by atoms with E-state index in [0.717, 1.165) is 23.5 Å². The quantitative estimate of drug-likeness (QED) is 0.646. The molecular formula is C17H23F3N4O2S. The van der Waals surface area contributed by atoms with Gasteiger partial charge < -0.3 is 20.6 Å². The minimum Gasteiger partial charge on any atom is -0.372 e. The number of nitrogens with one attached hydrogen (secondary N) is 2. The summed E-state index contributed by atoms with van der Waals surface area (Å²) in [6, 6.07) is 3.29. The van der Waals surface area contributed by atoms with Gasteiger partial charge in [-0.05, 0) is 39.0 Å². The van der Waals surface area contributed by atoms with E-state index in [1.54, 1.807) is 7.05 Å². The number of alkyl halides is 3. The average molecular weight is 404 g/mol. The van der Waals surface area contributed by atoms with E-state index >= 15 is 0 Å². The van der Waals surface area contributed by atoms with Gasteiger partial charge in [-0.2, -0.15) is 13.2 Å². The number of carbonyl (C=O) groups is 1. The molecule has 27 heavy (non-hydrogen) atoms. The standard InChI is InChI=1S/C17H23F3N4O2S/c1-16(2,3)21-8-14(26)24(4)9-13(25)23-15-22-11-6-5-10(17(18,19)20)7-12(11)27-15/h5-7,13,21,25H,8-9H2,1-4H3,(H,22,23). The van der Waals surface area contributed by atoms with E-state index in [4.69, 9.17) is 0 Å². The number of benzene rings is 1. The van der Waals surface area contributed by atoms with Gasteiger partial charge in [0.1, 0.15) is 6.23 Å². The number of amides is 1. The van der Waals surface area contributed by atoms with Crippen LogP contribution in [0.2, 0.25) is 0 Å². The fourth-order valence-corrected chi connectivity index (χ4v) is 3.14. The Bertz CT molecular complexity index is 802. The van der Waals surface area contributed by atoms with Gasteiger partial charge in [0.2, 0.25) is 5.91 Å². The van der Waals surface area contributed by atoms with Crippen LogP contribution in [-0.2, 0) is 11.0 Å². The zero-order chi connectivity index (χ0) is 20.4. The van der Waals surface area contributed by atoms with Crippen molar-refractivity contribution in [2.24, 2.45) is 0 Å². The first-order valence-electron chi connectivity index (χ1n) is 8.26. The van der Waals surface area contributed by atoms with Crippen molar-refractivity contribution in [3.05, 3.63) is 23.8 Å². The molecule has 2 rings (SSSR count). The van der Waals surface area contributed by atoms with E-state index in [1.165, 1.54) is 11.0 Å². The zero-order valence-corrected chi connectivity index (χ0v) is 16.3. The lowest BCUT2D eigenvalue weighted by atomic mass is 10.1. The summed E-state index contributed by atoms with van der Waals surface area (Å²) in [4.78, 5) is 17.6. The molecule has 1 atom stereocenters. The van der Waals surface area contributed by atoms with Gasteiger partial charge in [-0.1, -0.05) is 11.3 Å². The summed E-state index contributed by atoms with van der Waals surface area (Å²) in [5, 5.41) is 16.2. The average Bonchev–Trinajstić information content (AvgIpc) is 2.91. The number of carbonyl (C=O) groups excluding carboxylic acids is 1. The Morgan fingerprint density at radius 3 is 2.59 bits per heavy atom. The normalized spacial score (nSPS) is 13.6. The highest BCUT2D eigenvalue weighted by Gasteiger charge is 2.30. The molecule has 0 bridgehead atoms. The largest absolute Gasteiger partial charge is 0.416 e. The van der Waals surface area contributed by atoms with Gasteiger partial charge in [0.15, 0.2) is 5.13 Å². The minimum absolute atomic E-state index is 0.00832. The van der Waals surface area contributed by atoms with Gasteiger partial charge in [-0.15, -0.1) is 0 Å². The number of rotatable bonds is 6. The molecule has 1 aromatic carbocycles. The van der Waals surface area contributed by atoms with Crippen LogP contribution in [-0.4, -0.2) is 52.8 Å². The number of halogens is 3. The van der Waals surface area contributed by atoms with E-state index in [9.17, 15) is 23.1 Å². The van der Waals surface area contributed by atoms with Crippen LogP contribution < -0.4 is 10.6 Å². The molecule has 0 saturated heterocycles. The fourth-order valence-electron chi connectivity index (χ4n) is 2.19. The third kappa shape index (κ3) is 6.33. The first-order valence-corrected chi connectivity index (χ1v) is 9.08. The Morgan fingerprint density at radius 1 is 1.33 bits per heavy atom. The summed E-state index contributed by atoms with van der Waals surface area (Å²) in [7, 11) is 1.56. The fraction of sp³-hybridized carbons (Fsp3) is 0.529. The van der Waals surface area contributed by atoms with Crippen LogP contribution >= 0.6 is 11.3 Å². The van der Waals surface area contributed by atoms with Crippen LogP contribution in [0, 0.1) is 0 Å². The summed E-state index contributed by atoms with van der Waals surface area (Å²) in [6.07, 6.45) is -5.52. The highest BCUT2D eigenvalue weighted by atomic mass is 32.1. The molecule has 3 N–H and O–H groups in total. The maximum atomic E-state index is 12.8. The van der Waals surface area contributed by atoms with Crippen molar-refractivity contribution in [1.29, 1.82) is 0 Å². The topological polar surface area (TPSA) is 77.5 Å². The predicted molar refractivity (Wildman–Crippen MR) is 99.6 cm³/mol. The van der Waals surface area contributed by atoms with E-state index in [1.807, 2.05) is 20.8 Å². The number of aliphatic hydroxyl groups excluding tert-OH is 1. The molecule has 1 unspecified atom stereocenters. The first kappa shape index (κ1) is 21.4. The van der Waals surface area contributed by atoms with Gasteiger partial charge in [-0.3, -0.25) is 4.79 Å². The smallest absolute Gasteiger partial charge is 0.372 e. The lowest BCUT2D eigenvalue weighted by Gasteiger charge is -2.25. The minimum atomic E-state index is -4.42. The van der Waals surface area contributed by atoms with Crippen LogP contribution in [0.5, 0.6) is 0 Å². The lowest BCUT2D eigenvalue weighted by Crippen LogP contribution is -2.46. The van der Waals surface area contributed by atoms with Crippen LogP contribution in [0.25, 0.3) is 10.2 Å². The second kappa shape index (κ2) is 7.99. The number of anilines is 1. The molecule has 6 nitrogen and oxygen atoms in total. The molecule has 1 heterocycles. The summed E-state index contributed by atoms with van der Waals surface area (Å²) in [6.45, 7) is 5.96. The highest BCUT2D eigenvalue weighted by Crippen LogP contribution is 2.34. The second-order valence-electron chi connectivity index (χ2n) is 7.24. The molecule has 1 aromatic heterocycles. The van der Waals surface area contributed by atoms with E-state index in [0.29, 0.717) is 10.2 Å². The number of aromatic nitrogens is 1. The summed E-state index contributed by atoms with van der Waals surface area (Å²) in [5.74, 6) is -0.190. The molecule has 1 amide bonds. The number of aliphatic hydroxyl groups is 1. The summed E-state index contributed by atoms with van der Waals surface area (Å²) < 4.78 is 38.7. The summed E-state index contributed by atoms with van der Waals surface area (Å²) >= 11 is 1.01. The van der Waals surface area contributed by atoms with Gasteiger partial charge in [0.05, 0.1) is 28.9 Å². The van der Waals surface area contributed by atoms with Crippen LogP contribution in [0.4, 0.5) is 18.3 Å². The Balaban J connectivity index is 1.97. The molecule has 0 spiro atoms. The number of hydrogen-bond acceptors (Lipinski definition) is 6. The van der Waals surface area contributed by atoms with Crippen molar-refractivity contribution >= 4 is 32.6 Å². The number of hydrogen-bond donors (Lipinski definition) is 3. The first-order chi connectivity index (χ1) is 12.3. The van der Waals surface area contributed by atoms with E-state index in [-0.39, 0.29) is 29.7 Å². The van der Waals surface area contributed by atoms with Crippen molar-refractivity contribution in [2.75, 3.05) is 25.5 Å². The molecule has 0 aliphatic carbocycles. The number of nitrogens with zero attached hydrogens (tertiary/aromatic N) is 2. The summed E-state index contributed by atoms with van der Waals surface area (Å²) in [5.41, 5.74) is -0.548.